The second-order valence-electron chi connectivity index (χ2n) is 6.95. The number of rotatable bonds is 7. The highest BCUT2D eigenvalue weighted by Gasteiger charge is 2.19. The third-order valence-corrected chi connectivity index (χ3v) is 4.66. The first-order valence-electron chi connectivity index (χ1n) is 9.20. The van der Waals surface area contributed by atoms with Crippen LogP contribution in [0.4, 0.5) is 5.95 Å². The number of anilines is 1. The van der Waals surface area contributed by atoms with E-state index in [-0.39, 0.29) is 24.1 Å². The summed E-state index contributed by atoms with van der Waals surface area (Å²) in [6.45, 7) is 1.43. The van der Waals surface area contributed by atoms with E-state index in [9.17, 15) is 9.90 Å². The van der Waals surface area contributed by atoms with E-state index in [1.165, 1.54) is 0 Å². The molecule has 1 aromatic carbocycles. The molecule has 7 nitrogen and oxygen atoms in total. The molecule has 0 bridgehead atoms. The molecule has 0 radical (unpaired) electrons. The number of Topliss-reactive ketones (excluding diaryl/α,β-unsaturated/α-hetero) is 1. The van der Waals surface area contributed by atoms with Crippen molar-refractivity contribution in [3.05, 3.63) is 42.2 Å². The van der Waals surface area contributed by atoms with Crippen molar-refractivity contribution in [1.29, 1.82) is 5.41 Å². The van der Waals surface area contributed by atoms with Gasteiger partial charge in [0.2, 0.25) is 5.95 Å². The number of carbonyl (C=O) groups is 1. The second kappa shape index (κ2) is 8.73. The molecule has 7 heteroatoms. The maximum atomic E-state index is 11.7. The van der Waals surface area contributed by atoms with Crippen LogP contribution in [0, 0.1) is 5.41 Å². The number of aliphatic hydroxyl groups is 1. The summed E-state index contributed by atoms with van der Waals surface area (Å²) in [5, 5.41) is 17.0. The fourth-order valence-electron chi connectivity index (χ4n) is 3.26. The molecule has 142 valence electrons. The average Bonchev–Trinajstić information content (AvgIpc) is 2.66. The molecule has 1 aliphatic rings. The molecule has 0 aliphatic carbocycles. The second-order valence-corrected chi connectivity index (χ2v) is 6.95. The van der Waals surface area contributed by atoms with Crippen molar-refractivity contribution in [2.45, 2.75) is 38.2 Å². The predicted molar refractivity (Wildman–Crippen MR) is 105 cm³/mol. The molecule has 4 N–H and O–H groups in total. The van der Waals surface area contributed by atoms with E-state index < -0.39 is 0 Å². The number of hydrogen-bond donors (Lipinski definition) is 3. The van der Waals surface area contributed by atoms with Crippen LogP contribution >= 0.6 is 0 Å². The predicted octanol–water partition coefficient (Wildman–Crippen LogP) is 1.93. The SMILES string of the molecule is N=C(N)CC(=O)CCc1cccc(-c2cnc(N3CCCC(O)C3)nc2)c1. The number of nitrogens with zero attached hydrogens (tertiary/aromatic N) is 3. The first-order valence-corrected chi connectivity index (χ1v) is 9.20. The molecule has 1 atom stereocenters. The summed E-state index contributed by atoms with van der Waals surface area (Å²) in [6, 6.07) is 7.96. The highest BCUT2D eigenvalue weighted by Crippen LogP contribution is 2.22. The summed E-state index contributed by atoms with van der Waals surface area (Å²) in [7, 11) is 0. The number of benzene rings is 1. The molecule has 27 heavy (non-hydrogen) atoms. The van der Waals surface area contributed by atoms with E-state index in [0.717, 1.165) is 36.1 Å². The molecule has 1 fully saturated rings. The Labute approximate surface area is 158 Å². The zero-order valence-electron chi connectivity index (χ0n) is 15.3. The fourth-order valence-corrected chi connectivity index (χ4v) is 3.26. The van der Waals surface area contributed by atoms with Crippen molar-refractivity contribution in [1.82, 2.24) is 9.97 Å². The van der Waals surface area contributed by atoms with E-state index >= 15 is 0 Å². The summed E-state index contributed by atoms with van der Waals surface area (Å²) >= 11 is 0. The van der Waals surface area contributed by atoms with E-state index in [1.54, 1.807) is 12.4 Å². The van der Waals surface area contributed by atoms with E-state index in [0.29, 0.717) is 25.3 Å². The first kappa shape index (κ1) is 19.0. The fraction of sp³-hybridized carbons (Fsp3) is 0.400. The van der Waals surface area contributed by atoms with E-state index in [2.05, 4.69) is 9.97 Å². The minimum Gasteiger partial charge on any atom is -0.391 e. The average molecular weight is 367 g/mol. The van der Waals surface area contributed by atoms with Crippen molar-refractivity contribution < 1.29 is 9.90 Å². The van der Waals surface area contributed by atoms with Crippen LogP contribution in [0.3, 0.4) is 0 Å². The van der Waals surface area contributed by atoms with Gasteiger partial charge in [-0.05, 0) is 30.4 Å². The maximum Gasteiger partial charge on any atom is 0.225 e. The van der Waals surface area contributed by atoms with Gasteiger partial charge >= 0.3 is 0 Å². The van der Waals surface area contributed by atoms with Crippen LogP contribution < -0.4 is 10.6 Å². The van der Waals surface area contributed by atoms with Gasteiger partial charge in [0, 0.05) is 37.5 Å². The Morgan fingerprint density at radius 2 is 2.07 bits per heavy atom. The Balaban J connectivity index is 1.66. The number of hydrogen-bond acceptors (Lipinski definition) is 6. The zero-order valence-corrected chi connectivity index (χ0v) is 15.3. The number of nitrogens with one attached hydrogen (secondary N) is 1. The number of aromatic nitrogens is 2. The smallest absolute Gasteiger partial charge is 0.225 e. The Hall–Kier alpha value is -2.80. The van der Waals surface area contributed by atoms with E-state index in [4.69, 9.17) is 11.1 Å². The quantitative estimate of drug-likeness (QED) is 0.509. The van der Waals surface area contributed by atoms with Crippen molar-refractivity contribution in [3.63, 3.8) is 0 Å². The molecule has 1 aliphatic heterocycles. The summed E-state index contributed by atoms with van der Waals surface area (Å²) in [6.07, 6.45) is 6.05. The van der Waals surface area contributed by atoms with E-state index in [1.807, 2.05) is 29.2 Å². The molecular weight excluding hydrogens is 342 g/mol. The Morgan fingerprint density at radius 3 is 2.78 bits per heavy atom. The minimum atomic E-state index is -0.315. The van der Waals surface area contributed by atoms with Crippen molar-refractivity contribution in [3.8, 4) is 11.1 Å². The lowest BCUT2D eigenvalue weighted by Gasteiger charge is -2.29. The Morgan fingerprint density at radius 1 is 1.30 bits per heavy atom. The number of amidine groups is 1. The van der Waals surface area contributed by atoms with Crippen LogP contribution in [0.5, 0.6) is 0 Å². The van der Waals surface area contributed by atoms with Crippen LogP contribution in [0.15, 0.2) is 36.7 Å². The van der Waals surface area contributed by atoms with Gasteiger partial charge in [-0.25, -0.2) is 9.97 Å². The molecule has 0 amide bonds. The maximum absolute atomic E-state index is 11.7. The molecular formula is C20H25N5O2. The highest BCUT2D eigenvalue weighted by molar-refractivity contribution is 5.98. The number of piperidine rings is 1. The normalized spacial score (nSPS) is 16.9. The lowest BCUT2D eigenvalue weighted by molar-refractivity contribution is -0.117. The van der Waals surface area contributed by atoms with Gasteiger partial charge in [-0.15, -0.1) is 0 Å². The molecule has 1 aromatic heterocycles. The number of aryl methyl sites for hydroxylation is 1. The summed E-state index contributed by atoms with van der Waals surface area (Å²) in [4.78, 5) is 22.7. The third-order valence-electron chi connectivity index (χ3n) is 4.66. The molecule has 1 saturated heterocycles. The largest absolute Gasteiger partial charge is 0.391 e. The number of β-amino-alcohol motifs (C(OH)–C–C–N with tert-alkyl or cyclic N) is 1. The number of ketones is 1. The van der Waals surface area contributed by atoms with Gasteiger partial charge in [-0.2, -0.15) is 0 Å². The van der Waals surface area contributed by atoms with Crippen LogP contribution in [0.2, 0.25) is 0 Å². The van der Waals surface area contributed by atoms with Gasteiger partial charge < -0.3 is 15.7 Å². The number of aliphatic hydroxyl groups excluding tert-OH is 1. The van der Waals surface area contributed by atoms with Gasteiger partial charge in [0.05, 0.1) is 18.4 Å². The van der Waals surface area contributed by atoms with Crippen LogP contribution in [-0.2, 0) is 11.2 Å². The summed E-state index contributed by atoms with van der Waals surface area (Å²) < 4.78 is 0. The highest BCUT2D eigenvalue weighted by atomic mass is 16.3. The van der Waals surface area contributed by atoms with Gasteiger partial charge in [0.25, 0.3) is 0 Å². The zero-order chi connectivity index (χ0) is 19.2. The lowest BCUT2D eigenvalue weighted by Crippen LogP contribution is -2.39. The monoisotopic (exact) mass is 367 g/mol. The van der Waals surface area contributed by atoms with Gasteiger partial charge in [-0.3, -0.25) is 10.2 Å². The van der Waals surface area contributed by atoms with Gasteiger partial charge in [0.15, 0.2) is 0 Å². The van der Waals surface area contributed by atoms with Crippen LogP contribution in [-0.4, -0.2) is 45.9 Å². The summed E-state index contributed by atoms with van der Waals surface area (Å²) in [5.41, 5.74) is 8.22. The Kier molecular flexibility index (Phi) is 6.13. The lowest BCUT2D eigenvalue weighted by atomic mass is 10.0. The van der Waals surface area contributed by atoms with Gasteiger partial charge in [-0.1, -0.05) is 24.3 Å². The van der Waals surface area contributed by atoms with Crippen molar-refractivity contribution >= 4 is 17.6 Å². The summed E-state index contributed by atoms with van der Waals surface area (Å²) in [5.74, 6) is 0.528. The molecule has 2 aromatic rings. The minimum absolute atomic E-state index is 0.0141. The topological polar surface area (TPSA) is 116 Å². The van der Waals surface area contributed by atoms with Crippen molar-refractivity contribution in [2.24, 2.45) is 5.73 Å². The molecule has 0 spiro atoms. The molecule has 2 heterocycles. The molecule has 0 saturated carbocycles. The number of nitrogens with two attached hydrogens (primary N) is 1. The van der Waals surface area contributed by atoms with Crippen LogP contribution in [0.1, 0.15) is 31.2 Å². The van der Waals surface area contributed by atoms with Crippen LogP contribution in [0.25, 0.3) is 11.1 Å². The molecule has 1 unspecified atom stereocenters. The number of carbonyl (C=O) groups excluding carboxylic acids is 1. The standard InChI is InChI=1S/C20H25N5O2/c21-19(22)10-17(26)7-6-14-3-1-4-15(9-14)16-11-23-20(24-12-16)25-8-2-5-18(27)13-25/h1,3-4,9,11-12,18,27H,2,5-8,10,13H2,(H3,21,22). The van der Waals surface area contributed by atoms with Crippen molar-refractivity contribution in [2.75, 3.05) is 18.0 Å². The van der Waals surface area contributed by atoms with Gasteiger partial charge in [0.1, 0.15) is 5.78 Å². The first-order chi connectivity index (χ1) is 13.0. The molecule has 3 rings (SSSR count). The Bertz CT molecular complexity index is 806. The third kappa shape index (κ3) is 5.34.